The van der Waals surface area contributed by atoms with Gasteiger partial charge in [0, 0.05) is 31.3 Å². The van der Waals surface area contributed by atoms with Crippen LogP contribution >= 0.6 is 0 Å². The Bertz CT molecular complexity index is 625. The van der Waals surface area contributed by atoms with Gasteiger partial charge in [0.2, 0.25) is 11.8 Å². The summed E-state index contributed by atoms with van der Waals surface area (Å²) in [6.07, 6.45) is 4.58. The van der Waals surface area contributed by atoms with E-state index in [0.29, 0.717) is 18.0 Å². The van der Waals surface area contributed by atoms with E-state index in [1.165, 1.54) is 19.6 Å². The quantitative estimate of drug-likeness (QED) is 0.799. The second-order valence-corrected chi connectivity index (χ2v) is 4.47. The Balaban J connectivity index is 1.71. The average Bonchev–Trinajstić information content (AvgIpc) is 3.07. The van der Waals surface area contributed by atoms with Crippen molar-refractivity contribution < 1.29 is 18.7 Å². The molecule has 2 amide bonds. The minimum atomic E-state index is -0.268. The van der Waals surface area contributed by atoms with Crippen LogP contribution in [0.4, 0.5) is 0 Å². The van der Waals surface area contributed by atoms with Crippen molar-refractivity contribution in [3.05, 3.63) is 48.0 Å². The maximum Gasteiger partial charge on any atom is 0.254 e. The molecule has 0 fully saturated rings. The first-order valence-electron chi connectivity index (χ1n) is 6.75. The molecule has 0 spiro atoms. The molecule has 7 heteroatoms. The van der Waals surface area contributed by atoms with Crippen molar-refractivity contribution in [3.63, 3.8) is 0 Å². The zero-order valence-electron chi connectivity index (χ0n) is 12.2. The van der Waals surface area contributed by atoms with E-state index in [9.17, 15) is 9.59 Å². The Kier molecular flexibility index (Phi) is 5.53. The molecule has 0 aliphatic carbocycles. The highest BCUT2D eigenvalue weighted by Gasteiger charge is 2.08. The third-order valence-corrected chi connectivity index (χ3v) is 2.94. The third-order valence-electron chi connectivity index (χ3n) is 2.94. The van der Waals surface area contributed by atoms with Crippen LogP contribution in [0.25, 0.3) is 0 Å². The number of amides is 2. The van der Waals surface area contributed by atoms with Crippen LogP contribution in [0.3, 0.4) is 0 Å². The number of carbonyl (C=O) groups excluding carboxylic acids is 2. The molecule has 2 aromatic rings. The number of ether oxygens (including phenoxy) is 1. The summed E-state index contributed by atoms with van der Waals surface area (Å²) in [6, 6.07) is 5.16. The van der Waals surface area contributed by atoms with Crippen LogP contribution in [0, 0.1) is 0 Å². The number of hydrogen-bond donors (Lipinski definition) is 2. The lowest BCUT2D eigenvalue weighted by Crippen LogP contribution is -2.30. The molecule has 0 radical (unpaired) electrons. The van der Waals surface area contributed by atoms with Gasteiger partial charge in [0.05, 0.1) is 18.9 Å². The summed E-state index contributed by atoms with van der Waals surface area (Å²) in [7, 11) is 1.53. The average molecular weight is 303 g/mol. The largest absolute Gasteiger partial charge is 0.481 e. The monoisotopic (exact) mass is 303 g/mol. The molecule has 22 heavy (non-hydrogen) atoms. The lowest BCUT2D eigenvalue weighted by Gasteiger charge is -2.08. The molecule has 2 rings (SSSR count). The van der Waals surface area contributed by atoms with Crippen LogP contribution in [-0.2, 0) is 11.3 Å². The number of furan rings is 1. The smallest absolute Gasteiger partial charge is 0.254 e. The van der Waals surface area contributed by atoms with Gasteiger partial charge in [0.1, 0.15) is 6.26 Å². The molecular formula is C15H17N3O4. The van der Waals surface area contributed by atoms with Gasteiger partial charge >= 0.3 is 0 Å². The molecule has 116 valence electrons. The minimum Gasteiger partial charge on any atom is -0.481 e. The van der Waals surface area contributed by atoms with Crippen LogP contribution in [-0.4, -0.2) is 30.5 Å². The first kappa shape index (κ1) is 15.6. The molecular weight excluding hydrogens is 286 g/mol. The fourth-order valence-corrected chi connectivity index (χ4v) is 1.81. The number of methoxy groups -OCH3 is 1. The van der Waals surface area contributed by atoms with Gasteiger partial charge in [-0.25, -0.2) is 4.98 Å². The second kappa shape index (κ2) is 7.82. The number of nitrogens with zero attached hydrogens (tertiary/aromatic N) is 1. The summed E-state index contributed by atoms with van der Waals surface area (Å²) in [6.45, 7) is 0.575. The second-order valence-electron chi connectivity index (χ2n) is 4.47. The van der Waals surface area contributed by atoms with Crippen LogP contribution in [0.15, 0.2) is 41.3 Å². The van der Waals surface area contributed by atoms with E-state index in [1.54, 1.807) is 18.3 Å². The van der Waals surface area contributed by atoms with E-state index in [-0.39, 0.29) is 24.8 Å². The van der Waals surface area contributed by atoms with Crippen LogP contribution in [0.2, 0.25) is 0 Å². The van der Waals surface area contributed by atoms with Crippen molar-refractivity contribution in [2.75, 3.05) is 13.7 Å². The Labute approximate surface area is 127 Å². The first-order valence-corrected chi connectivity index (χ1v) is 6.75. The molecule has 7 nitrogen and oxygen atoms in total. The van der Waals surface area contributed by atoms with Gasteiger partial charge in [-0.2, -0.15) is 0 Å². The highest BCUT2D eigenvalue weighted by atomic mass is 16.5. The molecule has 0 aromatic carbocycles. The Morgan fingerprint density at radius 3 is 2.91 bits per heavy atom. The molecule has 2 aromatic heterocycles. The summed E-state index contributed by atoms with van der Waals surface area (Å²) in [5.41, 5.74) is 1.22. The zero-order valence-corrected chi connectivity index (χ0v) is 12.2. The SMILES string of the molecule is COc1ncccc1CNC(=O)CCNC(=O)c1ccoc1. The van der Waals surface area contributed by atoms with Crippen molar-refractivity contribution in [1.82, 2.24) is 15.6 Å². The van der Waals surface area contributed by atoms with Crippen molar-refractivity contribution in [2.24, 2.45) is 0 Å². The zero-order chi connectivity index (χ0) is 15.8. The van der Waals surface area contributed by atoms with Gasteiger partial charge < -0.3 is 19.8 Å². The van der Waals surface area contributed by atoms with E-state index in [2.05, 4.69) is 15.6 Å². The summed E-state index contributed by atoms with van der Waals surface area (Å²) in [5.74, 6) is 0.0462. The fourth-order valence-electron chi connectivity index (χ4n) is 1.81. The lowest BCUT2D eigenvalue weighted by atomic mass is 10.2. The van der Waals surface area contributed by atoms with E-state index >= 15 is 0 Å². The Morgan fingerprint density at radius 1 is 1.32 bits per heavy atom. The number of carbonyl (C=O) groups is 2. The van der Waals surface area contributed by atoms with E-state index in [0.717, 1.165) is 5.56 Å². The number of aromatic nitrogens is 1. The van der Waals surface area contributed by atoms with Crippen molar-refractivity contribution >= 4 is 11.8 Å². The van der Waals surface area contributed by atoms with Crippen molar-refractivity contribution in [2.45, 2.75) is 13.0 Å². The molecule has 0 saturated heterocycles. The standard InChI is InChI=1S/C15H17N3O4/c1-21-15-11(3-2-6-17-15)9-18-13(19)4-7-16-14(20)12-5-8-22-10-12/h2-3,5-6,8,10H,4,7,9H2,1H3,(H,16,20)(H,18,19). The molecule has 2 heterocycles. The number of pyridine rings is 1. The molecule has 2 N–H and O–H groups in total. The minimum absolute atomic E-state index is 0.168. The van der Waals surface area contributed by atoms with Gasteiger partial charge in [-0.15, -0.1) is 0 Å². The number of nitrogens with one attached hydrogen (secondary N) is 2. The lowest BCUT2D eigenvalue weighted by molar-refractivity contribution is -0.121. The van der Waals surface area contributed by atoms with Crippen LogP contribution in [0.5, 0.6) is 5.88 Å². The Hall–Kier alpha value is -2.83. The summed E-state index contributed by atoms with van der Waals surface area (Å²) in [5, 5.41) is 5.39. The van der Waals surface area contributed by atoms with Crippen LogP contribution in [0.1, 0.15) is 22.3 Å². The molecule has 0 aliphatic rings. The normalized spacial score (nSPS) is 10.0. The maximum absolute atomic E-state index is 11.7. The number of rotatable bonds is 7. The molecule has 0 bridgehead atoms. The summed E-state index contributed by atoms with van der Waals surface area (Å²) in [4.78, 5) is 27.4. The maximum atomic E-state index is 11.7. The van der Waals surface area contributed by atoms with Gasteiger partial charge in [-0.1, -0.05) is 6.07 Å². The van der Waals surface area contributed by atoms with E-state index in [4.69, 9.17) is 9.15 Å². The van der Waals surface area contributed by atoms with Gasteiger partial charge in [0.15, 0.2) is 0 Å². The molecule has 0 saturated carbocycles. The molecule has 0 unspecified atom stereocenters. The van der Waals surface area contributed by atoms with Gasteiger partial charge in [-0.3, -0.25) is 9.59 Å². The Morgan fingerprint density at radius 2 is 2.18 bits per heavy atom. The van der Waals surface area contributed by atoms with Gasteiger partial charge in [0.25, 0.3) is 5.91 Å². The topological polar surface area (TPSA) is 93.5 Å². The summed E-state index contributed by atoms with van der Waals surface area (Å²) >= 11 is 0. The fraction of sp³-hybridized carbons (Fsp3) is 0.267. The van der Waals surface area contributed by atoms with E-state index in [1.807, 2.05) is 6.07 Å². The third kappa shape index (κ3) is 4.34. The summed E-state index contributed by atoms with van der Waals surface area (Å²) < 4.78 is 9.92. The van der Waals surface area contributed by atoms with E-state index < -0.39 is 0 Å². The highest BCUT2D eigenvalue weighted by molar-refractivity contribution is 5.94. The van der Waals surface area contributed by atoms with Crippen molar-refractivity contribution in [3.8, 4) is 5.88 Å². The number of hydrogen-bond acceptors (Lipinski definition) is 5. The van der Waals surface area contributed by atoms with Crippen molar-refractivity contribution in [1.29, 1.82) is 0 Å². The highest BCUT2D eigenvalue weighted by Crippen LogP contribution is 2.12. The predicted octanol–water partition coefficient (Wildman–Crippen LogP) is 1.12. The molecule has 0 aliphatic heterocycles. The first-order chi connectivity index (χ1) is 10.7. The van der Waals surface area contributed by atoms with Crippen LogP contribution < -0.4 is 15.4 Å². The van der Waals surface area contributed by atoms with Gasteiger partial charge in [-0.05, 0) is 12.1 Å². The predicted molar refractivity (Wildman–Crippen MR) is 78.3 cm³/mol. The molecule has 0 atom stereocenters.